The quantitative estimate of drug-likeness (QED) is 0.0262. The van der Waals surface area contributed by atoms with Crippen molar-refractivity contribution < 1.29 is 28.6 Å². The first kappa shape index (κ1) is 60.6. The van der Waals surface area contributed by atoms with Crippen LogP contribution in [-0.2, 0) is 28.6 Å². The van der Waals surface area contributed by atoms with Crippen molar-refractivity contribution in [3.63, 3.8) is 0 Å². The molecule has 0 aliphatic heterocycles. The number of esters is 3. The van der Waals surface area contributed by atoms with E-state index >= 15 is 0 Å². The highest BCUT2D eigenvalue weighted by molar-refractivity contribution is 5.71. The molecule has 0 N–H and O–H groups in total. The van der Waals surface area contributed by atoms with Crippen LogP contribution in [0.15, 0.2) is 36.5 Å². The summed E-state index contributed by atoms with van der Waals surface area (Å²) in [7, 11) is 0. The van der Waals surface area contributed by atoms with Crippen LogP contribution in [0, 0.1) is 0 Å². The first-order valence-electron chi connectivity index (χ1n) is 27.5. The average Bonchev–Trinajstić information content (AvgIpc) is 3.28. The third-order valence-electron chi connectivity index (χ3n) is 12.1. The van der Waals surface area contributed by atoms with E-state index in [1.807, 2.05) is 6.08 Å². The summed E-state index contributed by atoms with van der Waals surface area (Å²) in [5.74, 6) is -0.953. The lowest BCUT2D eigenvalue weighted by molar-refractivity contribution is -0.166. The van der Waals surface area contributed by atoms with Gasteiger partial charge in [0.05, 0.1) is 0 Å². The fourth-order valence-corrected chi connectivity index (χ4v) is 7.96. The molecular weight excluding hydrogens is 781 g/mol. The summed E-state index contributed by atoms with van der Waals surface area (Å²) < 4.78 is 16.8. The number of carbonyl (C=O) groups excluding carboxylic acids is 3. The molecular formula is C57H104O6. The second-order valence-corrected chi connectivity index (χ2v) is 18.5. The maximum absolute atomic E-state index is 12.8. The summed E-state index contributed by atoms with van der Waals surface area (Å²) >= 11 is 0. The van der Waals surface area contributed by atoms with E-state index in [1.54, 1.807) is 0 Å². The van der Waals surface area contributed by atoms with E-state index in [0.29, 0.717) is 19.3 Å². The molecule has 6 heteroatoms. The van der Waals surface area contributed by atoms with Crippen molar-refractivity contribution in [1.29, 1.82) is 0 Å². The molecule has 1 atom stereocenters. The first-order valence-corrected chi connectivity index (χ1v) is 27.5. The zero-order chi connectivity index (χ0) is 45.8. The van der Waals surface area contributed by atoms with E-state index in [4.69, 9.17) is 14.2 Å². The number of carbonyl (C=O) groups is 3. The van der Waals surface area contributed by atoms with Gasteiger partial charge in [0, 0.05) is 19.3 Å². The highest BCUT2D eigenvalue weighted by Gasteiger charge is 2.19. The largest absolute Gasteiger partial charge is 0.462 e. The van der Waals surface area contributed by atoms with Gasteiger partial charge < -0.3 is 14.2 Å². The number of unbranched alkanes of at least 4 members (excludes halogenated alkanes) is 33. The van der Waals surface area contributed by atoms with Gasteiger partial charge in [-0.05, 0) is 64.2 Å². The third-order valence-corrected chi connectivity index (χ3v) is 12.1. The smallest absolute Gasteiger partial charge is 0.306 e. The number of allylic oxidation sites excluding steroid dienone is 6. The van der Waals surface area contributed by atoms with Crippen LogP contribution in [0.5, 0.6) is 0 Å². The van der Waals surface area contributed by atoms with Gasteiger partial charge in [-0.25, -0.2) is 0 Å². The van der Waals surface area contributed by atoms with Crippen molar-refractivity contribution in [2.75, 3.05) is 13.2 Å². The first-order chi connectivity index (χ1) is 31.0. The Bertz CT molecular complexity index is 1060. The van der Waals surface area contributed by atoms with Crippen molar-refractivity contribution in [3.8, 4) is 0 Å². The molecule has 1 unspecified atom stereocenters. The van der Waals surface area contributed by atoms with Gasteiger partial charge in [0.25, 0.3) is 0 Å². The van der Waals surface area contributed by atoms with Crippen molar-refractivity contribution >= 4 is 17.9 Å². The van der Waals surface area contributed by atoms with E-state index in [9.17, 15) is 14.4 Å². The molecule has 63 heavy (non-hydrogen) atoms. The number of hydrogen-bond acceptors (Lipinski definition) is 6. The summed E-state index contributed by atoms with van der Waals surface area (Å²) in [6.45, 7) is 6.60. The Labute approximate surface area is 391 Å². The van der Waals surface area contributed by atoms with Crippen LogP contribution in [0.25, 0.3) is 0 Å². The Morgan fingerprint density at radius 1 is 0.317 bits per heavy atom. The van der Waals surface area contributed by atoms with Crippen molar-refractivity contribution in [3.05, 3.63) is 36.5 Å². The summed E-state index contributed by atoms with van der Waals surface area (Å²) in [5, 5.41) is 0. The van der Waals surface area contributed by atoms with Crippen LogP contribution < -0.4 is 0 Å². The van der Waals surface area contributed by atoms with Gasteiger partial charge >= 0.3 is 17.9 Å². The Morgan fingerprint density at radius 2 is 0.603 bits per heavy atom. The summed E-state index contributed by atoms with van der Waals surface area (Å²) in [5.41, 5.74) is 0. The second-order valence-electron chi connectivity index (χ2n) is 18.5. The molecule has 0 radical (unpaired) electrons. The Kier molecular flexibility index (Phi) is 50.3. The number of rotatable bonds is 50. The molecule has 6 nitrogen and oxygen atoms in total. The Morgan fingerprint density at radius 3 is 0.952 bits per heavy atom. The topological polar surface area (TPSA) is 78.9 Å². The minimum Gasteiger partial charge on any atom is -0.462 e. The van der Waals surface area contributed by atoms with E-state index in [0.717, 1.165) is 51.4 Å². The molecule has 0 aliphatic carbocycles. The van der Waals surface area contributed by atoms with Crippen molar-refractivity contribution in [1.82, 2.24) is 0 Å². The van der Waals surface area contributed by atoms with Crippen LogP contribution in [0.2, 0.25) is 0 Å². The SMILES string of the molecule is CCCCCCCC/C=C/C/C=C/CCC(=O)OC(COC(=O)CCCCCCCCC/C=C/CCCCCCCCCC)COC(=O)CCCCCCCCCCCCCCC. The van der Waals surface area contributed by atoms with Crippen molar-refractivity contribution in [2.45, 2.75) is 297 Å². The van der Waals surface area contributed by atoms with Gasteiger partial charge in [0.1, 0.15) is 13.2 Å². The molecule has 0 heterocycles. The lowest BCUT2D eigenvalue weighted by atomic mass is 10.0. The van der Waals surface area contributed by atoms with Crippen molar-refractivity contribution in [2.24, 2.45) is 0 Å². The summed E-state index contributed by atoms with van der Waals surface area (Å²) in [4.78, 5) is 38.0. The van der Waals surface area contributed by atoms with Gasteiger partial charge in [0.15, 0.2) is 6.10 Å². The van der Waals surface area contributed by atoms with Gasteiger partial charge in [-0.3, -0.25) is 14.4 Å². The number of hydrogen-bond donors (Lipinski definition) is 0. The molecule has 0 rings (SSSR count). The lowest BCUT2D eigenvalue weighted by Crippen LogP contribution is -2.30. The van der Waals surface area contributed by atoms with E-state index in [2.05, 4.69) is 51.2 Å². The lowest BCUT2D eigenvalue weighted by Gasteiger charge is -2.18. The molecule has 0 bridgehead atoms. The average molecular weight is 885 g/mol. The molecule has 0 saturated heterocycles. The predicted octanol–water partition coefficient (Wildman–Crippen LogP) is 18.1. The Balaban J connectivity index is 4.36. The van der Waals surface area contributed by atoms with E-state index < -0.39 is 6.10 Å². The highest BCUT2D eigenvalue weighted by atomic mass is 16.6. The van der Waals surface area contributed by atoms with Crippen LogP contribution in [0.3, 0.4) is 0 Å². The fraction of sp³-hybridized carbons (Fsp3) is 0.842. The second kappa shape index (κ2) is 52.3. The predicted molar refractivity (Wildman–Crippen MR) is 270 cm³/mol. The summed E-state index contributed by atoms with van der Waals surface area (Å²) in [6.07, 6.45) is 61.5. The van der Waals surface area contributed by atoms with Gasteiger partial charge in [-0.2, -0.15) is 0 Å². The highest BCUT2D eigenvalue weighted by Crippen LogP contribution is 2.15. The third kappa shape index (κ3) is 50.5. The molecule has 0 aromatic carbocycles. The molecule has 0 amide bonds. The molecule has 0 spiro atoms. The van der Waals surface area contributed by atoms with E-state index in [-0.39, 0.29) is 37.5 Å². The van der Waals surface area contributed by atoms with Crippen LogP contribution in [-0.4, -0.2) is 37.2 Å². The Hall–Kier alpha value is -2.37. The van der Waals surface area contributed by atoms with Crippen LogP contribution >= 0.6 is 0 Å². The molecule has 0 aromatic rings. The maximum Gasteiger partial charge on any atom is 0.306 e. The monoisotopic (exact) mass is 885 g/mol. The molecule has 368 valence electrons. The summed E-state index contributed by atoms with van der Waals surface area (Å²) in [6, 6.07) is 0. The molecule has 0 fully saturated rings. The fourth-order valence-electron chi connectivity index (χ4n) is 7.96. The van der Waals surface area contributed by atoms with E-state index in [1.165, 1.54) is 193 Å². The van der Waals surface area contributed by atoms with Gasteiger partial charge in [0.2, 0.25) is 0 Å². The van der Waals surface area contributed by atoms with Gasteiger partial charge in [-0.1, -0.05) is 243 Å². The molecule has 0 aromatic heterocycles. The van der Waals surface area contributed by atoms with Crippen LogP contribution in [0.4, 0.5) is 0 Å². The normalized spacial score (nSPS) is 12.2. The number of ether oxygens (including phenoxy) is 3. The van der Waals surface area contributed by atoms with Gasteiger partial charge in [-0.15, -0.1) is 0 Å². The molecule has 0 saturated carbocycles. The zero-order valence-corrected chi connectivity index (χ0v) is 42.1. The molecule has 0 aliphatic rings. The minimum atomic E-state index is -0.800. The van der Waals surface area contributed by atoms with Crippen LogP contribution in [0.1, 0.15) is 290 Å². The maximum atomic E-state index is 12.8. The minimum absolute atomic E-state index is 0.0927. The zero-order valence-electron chi connectivity index (χ0n) is 42.1. The standard InChI is InChI=1S/C57H104O6/c1-4-7-10-13-16-19-22-25-26-27-28-29-30-33-35-38-41-44-47-50-56(59)62-53-54(63-57(60)51-48-45-42-39-36-32-24-21-18-15-12-9-6-3)52-61-55(58)49-46-43-40-37-34-31-23-20-17-14-11-8-5-2/h27-28,32,36,42,45,54H,4-26,29-31,33-35,37-41,43-44,46-53H2,1-3H3/b28-27+,36-32+,45-42+.